The highest BCUT2D eigenvalue weighted by Crippen LogP contribution is 2.23. The second-order valence-corrected chi connectivity index (χ2v) is 15.2. The number of amides is 1. The van der Waals surface area contributed by atoms with Gasteiger partial charge in [-0.1, -0.05) is 180 Å². The van der Waals surface area contributed by atoms with Crippen molar-refractivity contribution in [2.24, 2.45) is 0 Å². The number of carboxylic acid groups (broad SMARTS) is 1. The van der Waals surface area contributed by atoms with E-state index in [0.717, 1.165) is 38.5 Å². The van der Waals surface area contributed by atoms with Gasteiger partial charge in [-0.25, -0.2) is 4.79 Å². The standard InChI is InChI=1S/C42H79NO9/c1-3-5-7-9-11-13-15-17-18-20-22-24-26-28-30-32-36(45)43-34(33-51-42-39(48)37(46)38(47)40(52-42)41(49)50)35(44)31-29-27-25-23-21-19-16-14-12-10-8-6-4-2/h29,31,34-35,37-40,42,44,46-48H,3-28,30,32-33H2,1-2H3,(H,43,45)(H,49,50)/b31-29+/t34-,35+,37?,38-,39?,40-,42+/m0/s1. The average Bonchev–Trinajstić information content (AvgIpc) is 3.13. The van der Waals surface area contributed by atoms with Crippen molar-refractivity contribution in [3.05, 3.63) is 12.2 Å². The predicted octanol–water partition coefficient (Wildman–Crippen LogP) is 8.26. The number of ether oxygens (including phenoxy) is 2. The summed E-state index contributed by atoms with van der Waals surface area (Å²) < 4.78 is 10.8. The number of hydrogen-bond acceptors (Lipinski definition) is 8. The zero-order valence-electron chi connectivity index (χ0n) is 33.1. The lowest BCUT2D eigenvalue weighted by molar-refractivity contribution is -0.295. The number of allylic oxidation sites excluding steroid dienone is 1. The molecule has 2 unspecified atom stereocenters. The molecule has 7 atom stereocenters. The Morgan fingerprint density at radius 2 is 1.06 bits per heavy atom. The van der Waals surface area contributed by atoms with Crippen LogP contribution in [0.4, 0.5) is 0 Å². The van der Waals surface area contributed by atoms with Crippen molar-refractivity contribution in [1.29, 1.82) is 0 Å². The molecule has 306 valence electrons. The molecule has 1 rings (SSSR count). The number of carboxylic acids is 1. The maximum atomic E-state index is 12.9. The van der Waals surface area contributed by atoms with Crippen LogP contribution in [0, 0.1) is 0 Å². The van der Waals surface area contributed by atoms with E-state index in [2.05, 4.69) is 19.2 Å². The number of aliphatic hydroxyl groups excluding tert-OH is 4. The Morgan fingerprint density at radius 1 is 0.635 bits per heavy atom. The van der Waals surface area contributed by atoms with Crippen LogP contribution in [0.5, 0.6) is 0 Å². The third-order valence-corrected chi connectivity index (χ3v) is 10.3. The van der Waals surface area contributed by atoms with Crippen LogP contribution in [0.25, 0.3) is 0 Å². The summed E-state index contributed by atoms with van der Waals surface area (Å²) in [6.45, 7) is 4.19. The van der Waals surface area contributed by atoms with Crippen molar-refractivity contribution in [1.82, 2.24) is 5.32 Å². The van der Waals surface area contributed by atoms with Gasteiger partial charge in [-0.05, 0) is 19.3 Å². The quantitative estimate of drug-likeness (QED) is 0.0277. The van der Waals surface area contributed by atoms with Gasteiger partial charge < -0.3 is 40.3 Å². The summed E-state index contributed by atoms with van der Waals surface area (Å²) in [4.78, 5) is 24.4. The van der Waals surface area contributed by atoms with E-state index >= 15 is 0 Å². The topological polar surface area (TPSA) is 166 Å². The number of carbonyl (C=O) groups is 2. The number of unbranched alkanes of at least 4 members (excludes halogenated alkanes) is 25. The minimum atomic E-state index is -1.83. The fourth-order valence-electron chi connectivity index (χ4n) is 6.85. The number of aliphatic hydroxyl groups is 4. The summed E-state index contributed by atoms with van der Waals surface area (Å²) >= 11 is 0. The first-order valence-corrected chi connectivity index (χ1v) is 21.4. The first kappa shape index (κ1) is 48.5. The first-order valence-electron chi connectivity index (χ1n) is 21.4. The molecular weight excluding hydrogens is 662 g/mol. The molecule has 1 aliphatic heterocycles. The summed E-state index contributed by atoms with van der Waals surface area (Å²) in [5.41, 5.74) is 0. The van der Waals surface area contributed by atoms with Gasteiger partial charge in [-0.15, -0.1) is 0 Å². The third-order valence-electron chi connectivity index (χ3n) is 10.3. The van der Waals surface area contributed by atoms with E-state index in [0.29, 0.717) is 6.42 Å². The van der Waals surface area contributed by atoms with Crippen LogP contribution in [-0.4, -0.2) is 86.9 Å². The van der Waals surface area contributed by atoms with Gasteiger partial charge in [0.25, 0.3) is 0 Å². The smallest absolute Gasteiger partial charge is 0.335 e. The summed E-state index contributed by atoms with van der Waals surface area (Å²) in [7, 11) is 0. The second-order valence-electron chi connectivity index (χ2n) is 15.2. The van der Waals surface area contributed by atoms with Crippen LogP contribution in [-0.2, 0) is 19.1 Å². The lowest BCUT2D eigenvalue weighted by atomic mass is 9.99. The molecule has 52 heavy (non-hydrogen) atoms. The lowest BCUT2D eigenvalue weighted by Gasteiger charge is -2.39. The summed E-state index contributed by atoms with van der Waals surface area (Å²) in [6.07, 6.45) is 27.2. The minimum absolute atomic E-state index is 0.231. The third kappa shape index (κ3) is 24.0. The van der Waals surface area contributed by atoms with Gasteiger partial charge in [0.05, 0.1) is 18.8 Å². The van der Waals surface area contributed by atoms with Crippen molar-refractivity contribution >= 4 is 11.9 Å². The van der Waals surface area contributed by atoms with Crippen LogP contribution in [0.1, 0.15) is 194 Å². The van der Waals surface area contributed by atoms with Crippen LogP contribution in [0.15, 0.2) is 12.2 Å². The van der Waals surface area contributed by atoms with Gasteiger partial charge in [0, 0.05) is 6.42 Å². The fourth-order valence-corrected chi connectivity index (χ4v) is 6.85. The van der Waals surface area contributed by atoms with Crippen LogP contribution >= 0.6 is 0 Å². The Kier molecular flexibility index (Phi) is 30.6. The molecule has 1 amide bonds. The van der Waals surface area contributed by atoms with Gasteiger partial charge in [-0.3, -0.25) is 4.79 Å². The molecule has 0 radical (unpaired) electrons. The molecule has 6 N–H and O–H groups in total. The molecule has 0 aliphatic carbocycles. The van der Waals surface area contributed by atoms with Crippen LogP contribution in [0.2, 0.25) is 0 Å². The van der Waals surface area contributed by atoms with E-state index in [1.54, 1.807) is 6.08 Å². The van der Waals surface area contributed by atoms with Crippen molar-refractivity contribution in [3.63, 3.8) is 0 Å². The van der Waals surface area contributed by atoms with Gasteiger partial charge >= 0.3 is 5.97 Å². The Hall–Kier alpha value is -1.56. The number of nitrogens with one attached hydrogen (secondary N) is 1. The molecule has 0 spiro atoms. The average molecular weight is 742 g/mol. The highest BCUT2D eigenvalue weighted by Gasteiger charge is 2.47. The van der Waals surface area contributed by atoms with Crippen LogP contribution < -0.4 is 5.32 Å². The molecule has 1 fully saturated rings. The lowest BCUT2D eigenvalue weighted by Crippen LogP contribution is -2.61. The maximum Gasteiger partial charge on any atom is 0.335 e. The SMILES string of the molecule is CCCCCCCCCCCCC/C=C/[C@@H](O)[C@H](CO[C@@H]1O[C@H](C(=O)O)[C@@H](O)C(O)C1O)NC(=O)CCCCCCCCCCCCCCCCC. The summed E-state index contributed by atoms with van der Waals surface area (Å²) in [5.74, 6) is -1.74. The summed E-state index contributed by atoms with van der Waals surface area (Å²) in [5, 5.41) is 53.7. The molecular formula is C42H79NO9. The zero-order chi connectivity index (χ0) is 38.2. The van der Waals surface area contributed by atoms with E-state index in [1.165, 1.54) is 135 Å². The Bertz CT molecular complexity index is 888. The van der Waals surface area contributed by atoms with E-state index in [-0.39, 0.29) is 12.5 Å². The molecule has 0 aromatic heterocycles. The monoisotopic (exact) mass is 742 g/mol. The molecule has 10 nitrogen and oxygen atoms in total. The highest BCUT2D eigenvalue weighted by atomic mass is 16.7. The van der Waals surface area contributed by atoms with Crippen molar-refractivity contribution < 1.29 is 44.6 Å². The molecule has 0 aromatic rings. The Balaban J connectivity index is 2.44. The van der Waals surface area contributed by atoms with Gasteiger partial charge in [-0.2, -0.15) is 0 Å². The van der Waals surface area contributed by atoms with Crippen LogP contribution in [0.3, 0.4) is 0 Å². The number of rotatable bonds is 35. The molecule has 0 saturated carbocycles. The molecule has 1 aliphatic rings. The second kappa shape index (κ2) is 32.8. The van der Waals surface area contributed by atoms with Crippen molar-refractivity contribution in [2.75, 3.05) is 6.61 Å². The van der Waals surface area contributed by atoms with E-state index in [4.69, 9.17) is 9.47 Å². The largest absolute Gasteiger partial charge is 0.479 e. The number of aliphatic carboxylic acids is 1. The predicted molar refractivity (Wildman–Crippen MR) is 208 cm³/mol. The molecule has 1 saturated heterocycles. The first-order chi connectivity index (χ1) is 25.2. The Morgan fingerprint density at radius 3 is 1.50 bits per heavy atom. The highest BCUT2D eigenvalue weighted by molar-refractivity contribution is 5.76. The van der Waals surface area contributed by atoms with E-state index in [1.807, 2.05) is 6.08 Å². The molecule has 1 heterocycles. The molecule has 0 bridgehead atoms. The van der Waals surface area contributed by atoms with E-state index < -0.39 is 48.8 Å². The Labute approximate surface area is 316 Å². The fraction of sp³-hybridized carbons (Fsp3) is 0.905. The summed E-state index contributed by atoms with van der Waals surface area (Å²) in [6, 6.07) is -0.888. The maximum absolute atomic E-state index is 12.9. The van der Waals surface area contributed by atoms with Crippen molar-refractivity contribution in [2.45, 2.75) is 236 Å². The van der Waals surface area contributed by atoms with E-state index in [9.17, 15) is 35.1 Å². The van der Waals surface area contributed by atoms with Gasteiger partial charge in [0.2, 0.25) is 5.91 Å². The van der Waals surface area contributed by atoms with Gasteiger partial charge in [0.1, 0.15) is 18.3 Å². The number of carbonyl (C=O) groups excluding carboxylic acids is 1. The van der Waals surface area contributed by atoms with Crippen molar-refractivity contribution in [3.8, 4) is 0 Å². The normalized spacial score (nSPS) is 21.8. The zero-order valence-corrected chi connectivity index (χ0v) is 33.1. The number of hydrogen-bond donors (Lipinski definition) is 6. The molecule has 0 aromatic carbocycles. The molecule has 10 heteroatoms. The van der Waals surface area contributed by atoms with Gasteiger partial charge in [0.15, 0.2) is 12.4 Å². The minimum Gasteiger partial charge on any atom is -0.479 e.